The Bertz CT molecular complexity index is 1050. The maximum absolute atomic E-state index is 12.8. The molecule has 7 heteroatoms. The SMILES string of the molecule is COc1ccc(-c2cc([N+](=O)[O-])ccc2OC(C)C(=O)N(C)Cc2ccccc2)cc1. The minimum atomic E-state index is -0.771. The van der Waals surface area contributed by atoms with Crippen LogP contribution in [0.1, 0.15) is 12.5 Å². The molecule has 0 aromatic heterocycles. The number of nitro benzene ring substituents is 1. The Morgan fingerprint density at radius 1 is 1.06 bits per heavy atom. The summed E-state index contributed by atoms with van der Waals surface area (Å²) >= 11 is 0. The highest BCUT2D eigenvalue weighted by Gasteiger charge is 2.22. The molecule has 0 N–H and O–H groups in total. The molecule has 0 bridgehead atoms. The van der Waals surface area contributed by atoms with Crippen LogP contribution in [0.2, 0.25) is 0 Å². The summed E-state index contributed by atoms with van der Waals surface area (Å²) in [5, 5.41) is 11.3. The summed E-state index contributed by atoms with van der Waals surface area (Å²) in [7, 11) is 3.28. The third-order valence-corrected chi connectivity index (χ3v) is 4.87. The lowest BCUT2D eigenvalue weighted by Crippen LogP contribution is -2.37. The van der Waals surface area contributed by atoms with Gasteiger partial charge >= 0.3 is 0 Å². The van der Waals surface area contributed by atoms with E-state index in [1.54, 1.807) is 50.2 Å². The number of carbonyl (C=O) groups excluding carboxylic acids is 1. The predicted molar refractivity (Wildman–Crippen MR) is 118 cm³/mol. The van der Waals surface area contributed by atoms with Crippen molar-refractivity contribution in [3.8, 4) is 22.6 Å². The van der Waals surface area contributed by atoms with Crippen LogP contribution in [0.15, 0.2) is 72.8 Å². The van der Waals surface area contributed by atoms with Gasteiger partial charge in [0, 0.05) is 31.3 Å². The summed E-state index contributed by atoms with van der Waals surface area (Å²) in [6.45, 7) is 2.13. The number of benzene rings is 3. The summed E-state index contributed by atoms with van der Waals surface area (Å²) in [6, 6.07) is 21.1. The third-order valence-electron chi connectivity index (χ3n) is 4.87. The highest BCUT2D eigenvalue weighted by atomic mass is 16.6. The molecule has 0 heterocycles. The van der Waals surface area contributed by atoms with Crippen LogP contribution in [0.4, 0.5) is 5.69 Å². The van der Waals surface area contributed by atoms with Crippen LogP contribution < -0.4 is 9.47 Å². The van der Waals surface area contributed by atoms with Gasteiger partial charge in [0.15, 0.2) is 6.10 Å². The summed E-state index contributed by atoms with van der Waals surface area (Å²) in [4.78, 5) is 25.2. The molecule has 3 aromatic carbocycles. The second-order valence-corrected chi connectivity index (χ2v) is 7.11. The minimum absolute atomic E-state index is 0.0571. The monoisotopic (exact) mass is 420 g/mol. The number of nitro groups is 1. The Labute approximate surface area is 181 Å². The molecule has 0 aliphatic rings. The summed E-state index contributed by atoms with van der Waals surface area (Å²) < 4.78 is 11.1. The number of hydrogen-bond donors (Lipinski definition) is 0. The lowest BCUT2D eigenvalue weighted by Gasteiger charge is -2.23. The van der Waals surface area contributed by atoms with E-state index in [0.29, 0.717) is 23.6 Å². The quantitative estimate of drug-likeness (QED) is 0.390. The average Bonchev–Trinajstić information content (AvgIpc) is 2.79. The fraction of sp³-hybridized carbons (Fsp3) is 0.208. The van der Waals surface area contributed by atoms with Crippen LogP contribution in [-0.2, 0) is 11.3 Å². The largest absolute Gasteiger partial charge is 0.497 e. The van der Waals surface area contributed by atoms with E-state index in [1.165, 1.54) is 18.2 Å². The van der Waals surface area contributed by atoms with Crippen LogP contribution in [0.25, 0.3) is 11.1 Å². The molecule has 31 heavy (non-hydrogen) atoms. The van der Waals surface area contributed by atoms with E-state index in [1.807, 2.05) is 30.3 Å². The Morgan fingerprint density at radius 2 is 1.74 bits per heavy atom. The van der Waals surface area contributed by atoms with Gasteiger partial charge in [-0.05, 0) is 36.2 Å². The number of rotatable bonds is 8. The number of nitrogens with zero attached hydrogens (tertiary/aromatic N) is 2. The normalized spacial score (nSPS) is 11.5. The molecule has 0 aliphatic carbocycles. The Balaban J connectivity index is 1.83. The molecule has 0 radical (unpaired) electrons. The molecule has 1 unspecified atom stereocenters. The van der Waals surface area contributed by atoms with Gasteiger partial charge in [-0.1, -0.05) is 42.5 Å². The predicted octanol–water partition coefficient (Wildman–Crippen LogP) is 4.70. The maximum Gasteiger partial charge on any atom is 0.270 e. The zero-order valence-corrected chi connectivity index (χ0v) is 17.6. The Morgan fingerprint density at radius 3 is 2.35 bits per heavy atom. The molecule has 7 nitrogen and oxygen atoms in total. The van der Waals surface area contributed by atoms with Gasteiger partial charge in [-0.25, -0.2) is 0 Å². The van der Waals surface area contributed by atoms with Crippen LogP contribution in [0.5, 0.6) is 11.5 Å². The second-order valence-electron chi connectivity index (χ2n) is 7.11. The fourth-order valence-corrected chi connectivity index (χ4v) is 3.22. The van der Waals surface area contributed by atoms with Gasteiger partial charge in [-0.2, -0.15) is 0 Å². The molecule has 1 amide bonds. The standard InChI is InChI=1S/C24H24N2O5/c1-17(24(27)25(2)16-18-7-5-4-6-8-18)31-23-14-11-20(26(28)29)15-22(23)19-9-12-21(30-3)13-10-19/h4-15,17H,16H2,1-3H3. The van der Waals surface area contributed by atoms with E-state index in [0.717, 1.165) is 11.1 Å². The highest BCUT2D eigenvalue weighted by Crippen LogP contribution is 2.35. The second kappa shape index (κ2) is 9.75. The smallest absolute Gasteiger partial charge is 0.270 e. The van der Waals surface area contributed by atoms with Crippen LogP contribution in [0.3, 0.4) is 0 Å². The van der Waals surface area contributed by atoms with Gasteiger partial charge < -0.3 is 14.4 Å². The third kappa shape index (κ3) is 5.39. The number of hydrogen-bond acceptors (Lipinski definition) is 5. The molecule has 0 fully saturated rings. The number of carbonyl (C=O) groups is 1. The summed E-state index contributed by atoms with van der Waals surface area (Å²) in [6.07, 6.45) is -0.771. The van der Waals surface area contributed by atoms with Crippen LogP contribution in [-0.4, -0.2) is 36.0 Å². The molecule has 3 aromatic rings. The van der Waals surface area contributed by atoms with Gasteiger partial charge in [0.1, 0.15) is 11.5 Å². The van der Waals surface area contributed by atoms with E-state index < -0.39 is 11.0 Å². The van der Waals surface area contributed by atoms with Crippen molar-refractivity contribution in [1.29, 1.82) is 0 Å². The summed E-state index contributed by atoms with van der Waals surface area (Å²) in [5.74, 6) is 0.871. The number of amides is 1. The van der Waals surface area contributed by atoms with Crippen molar-refractivity contribution in [3.05, 3.63) is 88.5 Å². The first kappa shape index (κ1) is 21.8. The van der Waals surface area contributed by atoms with E-state index in [9.17, 15) is 14.9 Å². The van der Waals surface area contributed by atoms with Crippen molar-refractivity contribution in [1.82, 2.24) is 4.90 Å². The lowest BCUT2D eigenvalue weighted by molar-refractivity contribution is -0.384. The van der Waals surface area contributed by atoms with Crippen molar-refractivity contribution < 1.29 is 19.2 Å². The van der Waals surface area contributed by atoms with Crippen molar-refractivity contribution in [2.24, 2.45) is 0 Å². The highest BCUT2D eigenvalue weighted by molar-refractivity contribution is 5.81. The van der Waals surface area contributed by atoms with Crippen molar-refractivity contribution >= 4 is 11.6 Å². The number of methoxy groups -OCH3 is 1. The van der Waals surface area contributed by atoms with Crippen molar-refractivity contribution in [2.45, 2.75) is 19.6 Å². The molecule has 0 saturated carbocycles. The van der Waals surface area contributed by atoms with Gasteiger partial charge in [0.2, 0.25) is 0 Å². The van der Waals surface area contributed by atoms with Gasteiger partial charge in [0.05, 0.1) is 12.0 Å². The molecular formula is C24H24N2O5. The number of ether oxygens (including phenoxy) is 2. The lowest BCUT2D eigenvalue weighted by atomic mass is 10.0. The van der Waals surface area contributed by atoms with Gasteiger partial charge in [-0.15, -0.1) is 0 Å². The molecule has 3 rings (SSSR count). The van der Waals surface area contributed by atoms with Crippen LogP contribution >= 0.6 is 0 Å². The molecule has 0 aliphatic heterocycles. The topological polar surface area (TPSA) is 81.9 Å². The van der Waals surface area contributed by atoms with Crippen molar-refractivity contribution in [2.75, 3.05) is 14.2 Å². The molecule has 0 saturated heterocycles. The fourth-order valence-electron chi connectivity index (χ4n) is 3.22. The first-order valence-corrected chi connectivity index (χ1v) is 9.77. The van der Waals surface area contributed by atoms with Gasteiger partial charge in [-0.3, -0.25) is 14.9 Å². The number of non-ortho nitro benzene ring substituents is 1. The molecule has 0 spiro atoms. The Hall–Kier alpha value is -3.87. The molecular weight excluding hydrogens is 396 g/mol. The average molecular weight is 420 g/mol. The first-order valence-electron chi connectivity index (χ1n) is 9.77. The maximum atomic E-state index is 12.8. The van der Waals surface area contributed by atoms with E-state index in [-0.39, 0.29) is 11.6 Å². The van der Waals surface area contributed by atoms with Crippen molar-refractivity contribution in [3.63, 3.8) is 0 Å². The zero-order valence-electron chi connectivity index (χ0n) is 17.6. The van der Waals surface area contributed by atoms with E-state index in [4.69, 9.17) is 9.47 Å². The zero-order chi connectivity index (χ0) is 22.4. The van der Waals surface area contributed by atoms with E-state index in [2.05, 4.69) is 0 Å². The van der Waals surface area contributed by atoms with Crippen LogP contribution in [0, 0.1) is 10.1 Å². The first-order chi connectivity index (χ1) is 14.9. The Kier molecular flexibility index (Phi) is 6.87. The summed E-state index contributed by atoms with van der Waals surface area (Å²) in [5.41, 5.74) is 2.21. The minimum Gasteiger partial charge on any atom is -0.497 e. The molecule has 160 valence electrons. The van der Waals surface area contributed by atoms with Gasteiger partial charge in [0.25, 0.3) is 11.6 Å². The van der Waals surface area contributed by atoms with E-state index >= 15 is 0 Å². The molecule has 1 atom stereocenters. The number of likely N-dealkylation sites (N-methyl/N-ethyl adjacent to an activating group) is 1.